The molecule has 0 atom stereocenters. The number of nitrogens with zero attached hydrogens (tertiary/aromatic N) is 2. The van der Waals surface area contributed by atoms with E-state index in [9.17, 15) is 4.79 Å². The van der Waals surface area contributed by atoms with E-state index >= 15 is 0 Å². The van der Waals surface area contributed by atoms with Gasteiger partial charge in [0, 0.05) is 6.20 Å². The molecule has 0 unspecified atom stereocenters. The maximum Gasteiger partial charge on any atom is 0.310 e. The predicted octanol–water partition coefficient (Wildman–Crippen LogP) is 3.28. The Morgan fingerprint density at radius 1 is 1.42 bits per heavy atom. The van der Waals surface area contributed by atoms with Crippen LogP contribution in [0.4, 0.5) is 0 Å². The number of hydrogen-bond acceptors (Lipinski definition) is 3. The summed E-state index contributed by atoms with van der Waals surface area (Å²) in [4.78, 5) is 11.4. The number of benzene rings is 1. The van der Waals surface area contributed by atoms with Crippen LogP contribution in [-0.4, -0.2) is 22.4 Å². The molecule has 2 aromatic rings. The van der Waals surface area contributed by atoms with Crippen molar-refractivity contribution in [1.82, 2.24) is 9.78 Å². The molecule has 4 nitrogen and oxygen atoms in total. The maximum atomic E-state index is 11.4. The standard InChI is InChI=1S/C13H12Cl2N2O2/c1-2-19-13(18)6-9-3-4-12(11(15)5-9)17-8-10(14)7-16-17/h3-5,7-8H,2,6H2,1H3. The minimum absolute atomic E-state index is 0.202. The summed E-state index contributed by atoms with van der Waals surface area (Å²) in [6.45, 7) is 2.14. The van der Waals surface area contributed by atoms with Gasteiger partial charge in [0.1, 0.15) is 0 Å². The Balaban J connectivity index is 2.20. The number of carbonyl (C=O) groups excluding carboxylic acids is 1. The second-order valence-electron chi connectivity index (χ2n) is 3.87. The van der Waals surface area contributed by atoms with Gasteiger partial charge in [-0.1, -0.05) is 29.3 Å². The number of hydrogen-bond donors (Lipinski definition) is 0. The Bertz CT molecular complexity index is 596. The molecular formula is C13H12Cl2N2O2. The minimum Gasteiger partial charge on any atom is -0.466 e. The highest BCUT2D eigenvalue weighted by Gasteiger charge is 2.09. The van der Waals surface area contributed by atoms with Crippen molar-refractivity contribution in [3.05, 3.63) is 46.2 Å². The van der Waals surface area contributed by atoms with Gasteiger partial charge in [0.15, 0.2) is 0 Å². The molecule has 0 fully saturated rings. The Kier molecular flexibility index (Phi) is 4.45. The van der Waals surface area contributed by atoms with Gasteiger partial charge in [0.25, 0.3) is 0 Å². The van der Waals surface area contributed by atoms with Crippen molar-refractivity contribution in [2.24, 2.45) is 0 Å². The molecule has 0 saturated heterocycles. The lowest BCUT2D eigenvalue weighted by molar-refractivity contribution is -0.142. The van der Waals surface area contributed by atoms with Crippen LogP contribution in [0.1, 0.15) is 12.5 Å². The summed E-state index contributed by atoms with van der Waals surface area (Å²) >= 11 is 12.0. The smallest absolute Gasteiger partial charge is 0.310 e. The first-order valence-electron chi connectivity index (χ1n) is 5.74. The van der Waals surface area contributed by atoms with Crippen LogP contribution in [-0.2, 0) is 16.0 Å². The molecule has 2 rings (SSSR count). The van der Waals surface area contributed by atoms with Crippen LogP contribution in [0, 0.1) is 0 Å². The van der Waals surface area contributed by atoms with E-state index in [-0.39, 0.29) is 12.4 Å². The zero-order chi connectivity index (χ0) is 13.8. The van der Waals surface area contributed by atoms with Gasteiger partial charge >= 0.3 is 5.97 Å². The number of ether oxygens (including phenoxy) is 1. The average Bonchev–Trinajstić information content (AvgIpc) is 2.76. The van der Waals surface area contributed by atoms with Crippen LogP contribution >= 0.6 is 23.2 Å². The van der Waals surface area contributed by atoms with Crippen LogP contribution in [0.5, 0.6) is 0 Å². The molecule has 1 aromatic heterocycles. The normalized spacial score (nSPS) is 10.5. The molecule has 0 N–H and O–H groups in total. The monoisotopic (exact) mass is 298 g/mol. The molecule has 0 spiro atoms. The number of esters is 1. The van der Waals surface area contributed by atoms with Crippen LogP contribution in [0.15, 0.2) is 30.6 Å². The Morgan fingerprint density at radius 2 is 2.21 bits per heavy atom. The molecule has 100 valence electrons. The third kappa shape index (κ3) is 3.49. The SMILES string of the molecule is CCOC(=O)Cc1ccc(-n2cc(Cl)cn2)c(Cl)c1. The lowest BCUT2D eigenvalue weighted by atomic mass is 10.1. The highest BCUT2D eigenvalue weighted by atomic mass is 35.5. The van der Waals surface area contributed by atoms with Crippen molar-refractivity contribution in [1.29, 1.82) is 0 Å². The number of rotatable bonds is 4. The van der Waals surface area contributed by atoms with Gasteiger partial charge in [0.05, 0.1) is 35.0 Å². The first kappa shape index (κ1) is 13.9. The summed E-state index contributed by atoms with van der Waals surface area (Å²) in [6.07, 6.45) is 3.39. The van der Waals surface area contributed by atoms with Gasteiger partial charge in [0.2, 0.25) is 0 Å². The van der Waals surface area contributed by atoms with E-state index in [1.165, 1.54) is 6.20 Å². The third-order valence-corrected chi connectivity index (χ3v) is 2.96. The molecule has 0 radical (unpaired) electrons. The number of aromatic nitrogens is 2. The molecule has 1 aromatic carbocycles. The lowest BCUT2D eigenvalue weighted by Gasteiger charge is -2.07. The average molecular weight is 299 g/mol. The molecule has 0 saturated carbocycles. The molecule has 6 heteroatoms. The highest BCUT2D eigenvalue weighted by molar-refractivity contribution is 6.32. The van der Waals surface area contributed by atoms with E-state index in [4.69, 9.17) is 27.9 Å². The molecule has 1 heterocycles. The van der Waals surface area contributed by atoms with Gasteiger partial charge in [-0.05, 0) is 24.6 Å². The summed E-state index contributed by atoms with van der Waals surface area (Å²) in [5, 5.41) is 5.11. The van der Waals surface area contributed by atoms with E-state index < -0.39 is 0 Å². The second-order valence-corrected chi connectivity index (χ2v) is 4.71. The topological polar surface area (TPSA) is 44.1 Å². The fourth-order valence-electron chi connectivity index (χ4n) is 1.66. The van der Waals surface area contributed by atoms with Gasteiger partial charge in [-0.2, -0.15) is 5.10 Å². The summed E-state index contributed by atoms with van der Waals surface area (Å²) in [7, 11) is 0. The predicted molar refractivity (Wildman–Crippen MR) is 73.9 cm³/mol. The molecular weight excluding hydrogens is 287 g/mol. The zero-order valence-electron chi connectivity index (χ0n) is 10.3. The van der Waals surface area contributed by atoms with Gasteiger partial charge < -0.3 is 4.74 Å². The molecule has 19 heavy (non-hydrogen) atoms. The van der Waals surface area contributed by atoms with E-state index in [0.717, 1.165) is 5.56 Å². The molecule has 0 aliphatic heterocycles. The molecule has 0 aliphatic carbocycles. The van der Waals surface area contributed by atoms with Crippen molar-refractivity contribution < 1.29 is 9.53 Å². The van der Waals surface area contributed by atoms with Gasteiger partial charge in [-0.15, -0.1) is 0 Å². The molecule has 0 amide bonds. The van der Waals surface area contributed by atoms with Gasteiger partial charge in [-0.3, -0.25) is 4.79 Å². The van der Waals surface area contributed by atoms with Crippen molar-refractivity contribution in [3.63, 3.8) is 0 Å². The highest BCUT2D eigenvalue weighted by Crippen LogP contribution is 2.23. The summed E-state index contributed by atoms with van der Waals surface area (Å²) in [6, 6.07) is 5.33. The lowest BCUT2D eigenvalue weighted by Crippen LogP contribution is -2.07. The second kappa shape index (κ2) is 6.08. The van der Waals surface area contributed by atoms with E-state index in [1.54, 1.807) is 29.9 Å². The summed E-state index contributed by atoms with van der Waals surface area (Å²) < 4.78 is 6.47. The fourth-order valence-corrected chi connectivity index (χ4v) is 2.08. The van der Waals surface area contributed by atoms with Crippen molar-refractivity contribution in [3.8, 4) is 5.69 Å². The Labute approximate surface area is 120 Å². The maximum absolute atomic E-state index is 11.4. The largest absolute Gasteiger partial charge is 0.466 e. The first-order chi connectivity index (χ1) is 9.10. The van der Waals surface area contributed by atoms with Crippen molar-refractivity contribution >= 4 is 29.2 Å². The molecule has 0 aliphatic rings. The van der Waals surface area contributed by atoms with Crippen molar-refractivity contribution in [2.75, 3.05) is 6.61 Å². The quantitative estimate of drug-likeness (QED) is 0.814. The zero-order valence-corrected chi connectivity index (χ0v) is 11.8. The fraction of sp³-hybridized carbons (Fsp3) is 0.231. The summed E-state index contributed by atoms with van der Waals surface area (Å²) in [5.74, 6) is -0.270. The van der Waals surface area contributed by atoms with Crippen LogP contribution in [0.2, 0.25) is 10.0 Å². The van der Waals surface area contributed by atoms with E-state index in [1.807, 2.05) is 6.07 Å². The van der Waals surface area contributed by atoms with E-state index in [2.05, 4.69) is 5.10 Å². The number of carbonyl (C=O) groups is 1. The van der Waals surface area contributed by atoms with E-state index in [0.29, 0.717) is 22.3 Å². The third-order valence-electron chi connectivity index (χ3n) is 2.46. The number of halogens is 2. The summed E-state index contributed by atoms with van der Waals surface area (Å²) in [5.41, 5.74) is 1.51. The van der Waals surface area contributed by atoms with Crippen LogP contribution in [0.3, 0.4) is 0 Å². The Hall–Kier alpha value is -1.52. The van der Waals surface area contributed by atoms with Crippen molar-refractivity contribution in [2.45, 2.75) is 13.3 Å². The minimum atomic E-state index is -0.270. The molecule has 0 bridgehead atoms. The Morgan fingerprint density at radius 3 is 2.79 bits per heavy atom. The first-order valence-corrected chi connectivity index (χ1v) is 6.50. The van der Waals surface area contributed by atoms with Crippen LogP contribution in [0.25, 0.3) is 5.69 Å². The van der Waals surface area contributed by atoms with Crippen LogP contribution < -0.4 is 0 Å². The van der Waals surface area contributed by atoms with Gasteiger partial charge in [-0.25, -0.2) is 4.68 Å².